The second-order valence-electron chi connectivity index (χ2n) is 5.40. The quantitative estimate of drug-likeness (QED) is 0.567. The minimum atomic E-state index is -0.634. The number of carbonyl (C=O) groups excluding carboxylic acids is 1. The van der Waals surface area contributed by atoms with Gasteiger partial charge in [0.2, 0.25) is 5.76 Å². The van der Waals surface area contributed by atoms with E-state index in [0.717, 1.165) is 5.39 Å². The maximum atomic E-state index is 12.1. The van der Waals surface area contributed by atoms with Crippen molar-refractivity contribution in [1.82, 2.24) is 9.97 Å². The van der Waals surface area contributed by atoms with Crippen LogP contribution in [0.4, 0.5) is 0 Å². The van der Waals surface area contributed by atoms with Crippen LogP contribution in [0.3, 0.4) is 0 Å². The molecule has 4 aromatic rings. The third kappa shape index (κ3) is 2.99. The van der Waals surface area contributed by atoms with Gasteiger partial charge in [-0.15, -0.1) is 0 Å². The molecular formula is C18H11ClN2O4. The number of rotatable bonds is 3. The Morgan fingerprint density at radius 2 is 2.04 bits per heavy atom. The van der Waals surface area contributed by atoms with Gasteiger partial charge < -0.3 is 14.1 Å². The summed E-state index contributed by atoms with van der Waals surface area (Å²) < 4.78 is 10.6. The number of nitrogens with one attached hydrogen (secondary N) is 1. The number of aromatic nitrogens is 2. The number of fused-ring (bicyclic) bond motifs is 2. The van der Waals surface area contributed by atoms with Crippen LogP contribution in [0.2, 0.25) is 5.02 Å². The van der Waals surface area contributed by atoms with E-state index in [1.54, 1.807) is 30.3 Å². The van der Waals surface area contributed by atoms with Gasteiger partial charge in [-0.3, -0.25) is 4.79 Å². The molecule has 0 aliphatic rings. The van der Waals surface area contributed by atoms with E-state index in [0.29, 0.717) is 21.5 Å². The lowest BCUT2D eigenvalue weighted by atomic mass is 10.2. The maximum absolute atomic E-state index is 12.1. The lowest BCUT2D eigenvalue weighted by Gasteiger charge is -2.04. The second kappa shape index (κ2) is 6.07. The Hall–Kier alpha value is -3.12. The van der Waals surface area contributed by atoms with E-state index in [1.165, 1.54) is 0 Å². The number of hydrogen-bond acceptors (Lipinski definition) is 5. The van der Waals surface area contributed by atoms with Crippen LogP contribution >= 0.6 is 11.6 Å². The van der Waals surface area contributed by atoms with Crippen molar-refractivity contribution >= 4 is 39.4 Å². The predicted octanol–water partition coefficient (Wildman–Crippen LogP) is 3.68. The molecule has 0 amide bonds. The van der Waals surface area contributed by atoms with Gasteiger partial charge in [0.15, 0.2) is 0 Å². The molecule has 4 rings (SSSR count). The molecule has 124 valence electrons. The molecule has 6 nitrogen and oxygen atoms in total. The number of ether oxygens (including phenoxy) is 1. The Bertz CT molecular complexity index is 1130. The van der Waals surface area contributed by atoms with Gasteiger partial charge in [-0.05, 0) is 30.3 Å². The highest BCUT2D eigenvalue weighted by Gasteiger charge is 2.14. The first kappa shape index (κ1) is 15.4. The molecule has 0 atom stereocenters. The molecule has 2 aromatic carbocycles. The van der Waals surface area contributed by atoms with Gasteiger partial charge in [0.05, 0.1) is 10.9 Å². The summed E-state index contributed by atoms with van der Waals surface area (Å²) in [5.41, 5.74) is 0.712. The summed E-state index contributed by atoms with van der Waals surface area (Å²) in [5.74, 6) is -0.318. The monoisotopic (exact) mass is 354 g/mol. The van der Waals surface area contributed by atoms with E-state index in [2.05, 4.69) is 9.97 Å². The van der Waals surface area contributed by atoms with Crippen LogP contribution in [-0.4, -0.2) is 15.9 Å². The Labute approximate surface area is 146 Å². The number of nitrogens with zero attached hydrogens (tertiary/aromatic N) is 1. The van der Waals surface area contributed by atoms with Gasteiger partial charge in [-0.2, -0.15) is 0 Å². The van der Waals surface area contributed by atoms with Crippen molar-refractivity contribution in [2.75, 3.05) is 0 Å². The minimum absolute atomic E-state index is 0.0902. The molecule has 0 unspecified atom stereocenters. The van der Waals surface area contributed by atoms with Crippen LogP contribution in [0.25, 0.3) is 21.9 Å². The molecule has 25 heavy (non-hydrogen) atoms. The Morgan fingerprint density at radius 1 is 1.20 bits per heavy atom. The standard InChI is InChI=1S/C18H11ClN2O4/c19-11-5-6-12-13(8-11)20-16(21-17(12)22)9-24-18(23)15-7-10-3-1-2-4-14(10)25-15/h1-8H,9H2,(H,20,21,22). The fourth-order valence-electron chi connectivity index (χ4n) is 2.52. The van der Waals surface area contributed by atoms with E-state index in [1.807, 2.05) is 18.2 Å². The van der Waals surface area contributed by atoms with Gasteiger partial charge in [0.1, 0.15) is 18.0 Å². The van der Waals surface area contributed by atoms with Gasteiger partial charge in [0, 0.05) is 10.4 Å². The second-order valence-corrected chi connectivity index (χ2v) is 5.84. The first-order chi connectivity index (χ1) is 12.1. The predicted molar refractivity (Wildman–Crippen MR) is 92.7 cm³/mol. The van der Waals surface area contributed by atoms with E-state index < -0.39 is 5.97 Å². The van der Waals surface area contributed by atoms with E-state index in [4.69, 9.17) is 20.8 Å². The summed E-state index contributed by atoms with van der Waals surface area (Å²) in [6.07, 6.45) is 0. The Kier molecular flexibility index (Phi) is 3.74. The molecule has 2 aromatic heterocycles. The molecule has 0 saturated carbocycles. The number of para-hydroxylation sites is 1. The molecule has 0 bridgehead atoms. The van der Waals surface area contributed by atoms with Gasteiger partial charge in [-0.25, -0.2) is 9.78 Å². The topological polar surface area (TPSA) is 85.2 Å². The molecule has 0 fully saturated rings. The average molecular weight is 355 g/mol. The van der Waals surface area contributed by atoms with E-state index in [9.17, 15) is 9.59 Å². The summed E-state index contributed by atoms with van der Waals surface area (Å²) in [6, 6.07) is 13.7. The largest absolute Gasteiger partial charge is 0.452 e. The highest BCUT2D eigenvalue weighted by molar-refractivity contribution is 6.31. The number of hydrogen-bond donors (Lipinski definition) is 1. The van der Waals surface area contributed by atoms with Gasteiger partial charge in [-0.1, -0.05) is 29.8 Å². The minimum Gasteiger partial charge on any atom is -0.452 e. The van der Waals surface area contributed by atoms with Crippen molar-refractivity contribution in [3.05, 3.63) is 75.5 Å². The first-order valence-electron chi connectivity index (χ1n) is 7.44. The number of benzene rings is 2. The molecule has 0 aliphatic carbocycles. The van der Waals surface area contributed by atoms with E-state index in [-0.39, 0.29) is 23.8 Å². The third-order valence-electron chi connectivity index (χ3n) is 3.68. The summed E-state index contributed by atoms with van der Waals surface area (Å²) >= 11 is 5.92. The number of carbonyl (C=O) groups is 1. The molecule has 1 N–H and O–H groups in total. The van der Waals surface area contributed by atoms with Crippen molar-refractivity contribution < 1.29 is 13.9 Å². The van der Waals surface area contributed by atoms with Crippen LogP contribution in [0.1, 0.15) is 16.4 Å². The lowest BCUT2D eigenvalue weighted by molar-refractivity contribution is 0.0428. The van der Waals surface area contributed by atoms with Crippen molar-refractivity contribution in [3.8, 4) is 0 Å². The molecule has 0 radical (unpaired) electrons. The van der Waals surface area contributed by atoms with Crippen LogP contribution in [-0.2, 0) is 11.3 Å². The third-order valence-corrected chi connectivity index (χ3v) is 3.92. The number of furan rings is 1. The molecule has 0 spiro atoms. The zero-order valence-corrected chi connectivity index (χ0v) is 13.5. The number of aromatic amines is 1. The van der Waals surface area contributed by atoms with Crippen LogP contribution in [0.5, 0.6) is 0 Å². The molecule has 7 heteroatoms. The fraction of sp³-hybridized carbons (Fsp3) is 0.0556. The number of esters is 1. The van der Waals surface area contributed by atoms with Crippen molar-refractivity contribution in [2.24, 2.45) is 0 Å². The highest BCUT2D eigenvalue weighted by Crippen LogP contribution is 2.20. The fourth-order valence-corrected chi connectivity index (χ4v) is 2.68. The molecule has 2 heterocycles. The average Bonchev–Trinajstić information content (AvgIpc) is 3.03. The van der Waals surface area contributed by atoms with Crippen molar-refractivity contribution in [1.29, 1.82) is 0 Å². The van der Waals surface area contributed by atoms with Crippen LogP contribution < -0.4 is 5.56 Å². The SMILES string of the molecule is O=C(OCc1nc2cc(Cl)ccc2c(=O)[nH]1)c1cc2ccccc2o1. The summed E-state index contributed by atoms with van der Waals surface area (Å²) in [4.78, 5) is 31.0. The van der Waals surface area contributed by atoms with Gasteiger partial charge >= 0.3 is 5.97 Å². The number of halogens is 1. The molecule has 0 aliphatic heterocycles. The molecular weight excluding hydrogens is 344 g/mol. The first-order valence-corrected chi connectivity index (χ1v) is 7.82. The highest BCUT2D eigenvalue weighted by atomic mass is 35.5. The van der Waals surface area contributed by atoms with Gasteiger partial charge in [0.25, 0.3) is 5.56 Å². The van der Waals surface area contributed by atoms with Crippen molar-refractivity contribution in [2.45, 2.75) is 6.61 Å². The Balaban J connectivity index is 1.57. The van der Waals surface area contributed by atoms with Crippen LogP contribution in [0, 0.1) is 0 Å². The summed E-state index contributed by atoms with van der Waals surface area (Å²) in [6.45, 7) is -0.187. The summed E-state index contributed by atoms with van der Waals surface area (Å²) in [5, 5.41) is 1.69. The normalized spacial score (nSPS) is 11.1. The number of H-pyrrole nitrogens is 1. The maximum Gasteiger partial charge on any atom is 0.374 e. The van der Waals surface area contributed by atoms with E-state index >= 15 is 0 Å². The lowest BCUT2D eigenvalue weighted by Crippen LogP contribution is -2.14. The Morgan fingerprint density at radius 3 is 2.88 bits per heavy atom. The zero-order valence-electron chi connectivity index (χ0n) is 12.8. The summed E-state index contributed by atoms with van der Waals surface area (Å²) in [7, 11) is 0. The smallest absolute Gasteiger partial charge is 0.374 e. The molecule has 0 saturated heterocycles. The van der Waals surface area contributed by atoms with Crippen molar-refractivity contribution in [3.63, 3.8) is 0 Å². The zero-order chi connectivity index (χ0) is 17.4. The van der Waals surface area contributed by atoms with Crippen LogP contribution in [0.15, 0.2) is 57.7 Å².